The molecule has 0 aliphatic rings. The van der Waals surface area contributed by atoms with Crippen LogP contribution in [0.25, 0.3) is 10.8 Å². The normalized spacial score (nSPS) is 11.8. The van der Waals surface area contributed by atoms with Crippen LogP contribution >= 0.6 is 0 Å². The summed E-state index contributed by atoms with van der Waals surface area (Å²) in [6.45, 7) is 4.66. The lowest BCUT2D eigenvalue weighted by molar-refractivity contribution is 0.311. The van der Waals surface area contributed by atoms with Gasteiger partial charge in [0.2, 0.25) is 0 Å². The van der Waals surface area contributed by atoms with Crippen LogP contribution in [0.2, 0.25) is 0 Å². The van der Waals surface area contributed by atoms with E-state index in [9.17, 15) is 4.79 Å². The molecule has 0 fully saturated rings. The van der Waals surface area contributed by atoms with Crippen molar-refractivity contribution in [2.24, 2.45) is 7.05 Å². The van der Waals surface area contributed by atoms with E-state index >= 15 is 0 Å². The van der Waals surface area contributed by atoms with Crippen molar-refractivity contribution in [3.63, 3.8) is 0 Å². The molecule has 1 aromatic carbocycles. The summed E-state index contributed by atoms with van der Waals surface area (Å²) >= 11 is 0. The number of benzene rings is 1. The van der Waals surface area contributed by atoms with E-state index in [1.54, 1.807) is 13.2 Å². The fourth-order valence-corrected chi connectivity index (χ4v) is 2.80. The third kappa shape index (κ3) is 4.26. The van der Waals surface area contributed by atoms with Gasteiger partial charge in [-0.2, -0.15) is 5.10 Å². The maximum absolute atomic E-state index is 12.2. The van der Waals surface area contributed by atoms with Crippen molar-refractivity contribution >= 4 is 16.6 Å². The van der Waals surface area contributed by atoms with Crippen LogP contribution in [0.15, 0.2) is 53.6 Å². The number of aryl methyl sites for hydroxylation is 1. The highest BCUT2D eigenvalue weighted by molar-refractivity contribution is 5.90. The molecule has 3 aromatic rings. The highest BCUT2D eigenvalue weighted by Crippen LogP contribution is 2.21. The molecule has 2 aromatic heterocycles. The van der Waals surface area contributed by atoms with Gasteiger partial charge < -0.3 is 10.2 Å². The average Bonchev–Trinajstić information content (AvgIpc) is 2.68. The molecule has 2 heterocycles. The third-order valence-electron chi connectivity index (χ3n) is 4.11. The Hall–Kier alpha value is -2.73. The zero-order valence-corrected chi connectivity index (χ0v) is 16.1. The van der Waals surface area contributed by atoms with E-state index in [0.29, 0.717) is 17.7 Å². The van der Waals surface area contributed by atoms with Crippen LogP contribution < -0.4 is 10.9 Å². The number of rotatable bonds is 5. The van der Waals surface area contributed by atoms with E-state index in [1.807, 2.05) is 64.5 Å². The minimum Gasteiger partial charge on any atom is -0.366 e. The molecule has 0 spiro atoms. The van der Waals surface area contributed by atoms with Crippen molar-refractivity contribution in [2.75, 3.05) is 26.0 Å². The van der Waals surface area contributed by atoms with Crippen LogP contribution in [-0.4, -0.2) is 40.3 Å². The zero-order chi connectivity index (χ0) is 19.1. The van der Waals surface area contributed by atoms with Crippen molar-refractivity contribution in [3.05, 3.63) is 64.7 Å². The van der Waals surface area contributed by atoms with Crippen LogP contribution in [0.1, 0.15) is 25.5 Å². The molecule has 26 heavy (non-hydrogen) atoms. The predicted molar refractivity (Wildman–Crippen MR) is 107 cm³/mol. The Bertz CT molecular complexity index is 890. The van der Waals surface area contributed by atoms with Crippen LogP contribution in [-0.2, 0) is 7.05 Å². The van der Waals surface area contributed by atoms with Crippen LogP contribution in [0, 0.1) is 0 Å². The smallest absolute Gasteiger partial charge is 0.274 e. The number of nitrogens with one attached hydrogen (secondary N) is 1. The van der Waals surface area contributed by atoms with Gasteiger partial charge in [0.1, 0.15) is 0 Å². The first-order valence-corrected chi connectivity index (χ1v) is 8.84. The summed E-state index contributed by atoms with van der Waals surface area (Å²) in [6.07, 6.45) is 3.64. The number of likely N-dealkylation sites (N-methyl/N-ethyl adjacent to an activating group) is 1. The molecule has 1 unspecified atom stereocenters. The first kappa shape index (κ1) is 19.6. The Balaban J connectivity index is 0.00000117. The summed E-state index contributed by atoms with van der Waals surface area (Å²) < 4.78 is 1.37. The first-order valence-electron chi connectivity index (χ1n) is 8.84. The van der Waals surface area contributed by atoms with Gasteiger partial charge in [-0.25, -0.2) is 4.68 Å². The van der Waals surface area contributed by atoms with E-state index in [2.05, 4.69) is 26.4 Å². The molecule has 3 rings (SSSR count). The van der Waals surface area contributed by atoms with Crippen molar-refractivity contribution in [3.8, 4) is 0 Å². The molecule has 138 valence electrons. The minimum absolute atomic E-state index is 0.0902. The molecular weight excluding hydrogens is 326 g/mol. The molecule has 6 heteroatoms. The van der Waals surface area contributed by atoms with E-state index in [4.69, 9.17) is 0 Å². The number of hydrogen-bond acceptors (Lipinski definition) is 5. The van der Waals surface area contributed by atoms with Gasteiger partial charge in [-0.15, -0.1) is 0 Å². The second-order valence-corrected chi connectivity index (χ2v) is 5.97. The van der Waals surface area contributed by atoms with Crippen molar-refractivity contribution in [1.82, 2.24) is 19.7 Å². The van der Waals surface area contributed by atoms with Gasteiger partial charge >= 0.3 is 0 Å². The van der Waals surface area contributed by atoms with Crippen molar-refractivity contribution in [1.29, 1.82) is 0 Å². The number of aromatic nitrogens is 3. The molecule has 1 N–H and O–H groups in total. The topological polar surface area (TPSA) is 63.1 Å². The summed E-state index contributed by atoms with van der Waals surface area (Å²) in [5.41, 5.74) is 1.04. The lowest BCUT2D eigenvalue weighted by Gasteiger charge is -2.25. The Kier molecular flexibility index (Phi) is 6.86. The molecule has 1 atom stereocenters. The molecule has 0 radical (unpaired) electrons. The summed E-state index contributed by atoms with van der Waals surface area (Å²) in [5.74, 6) is 0.712. The lowest BCUT2D eigenvalue weighted by Crippen LogP contribution is -2.28. The zero-order valence-electron chi connectivity index (χ0n) is 16.1. The first-order chi connectivity index (χ1) is 12.6. The molecule has 0 saturated heterocycles. The second-order valence-electron chi connectivity index (χ2n) is 5.97. The van der Waals surface area contributed by atoms with Gasteiger partial charge in [-0.3, -0.25) is 9.78 Å². The van der Waals surface area contributed by atoms with Crippen LogP contribution in [0.5, 0.6) is 0 Å². The Morgan fingerprint density at radius 3 is 2.42 bits per heavy atom. The fourth-order valence-electron chi connectivity index (χ4n) is 2.80. The molecular formula is C20H27N5O. The Labute approximate surface area is 154 Å². The van der Waals surface area contributed by atoms with Gasteiger partial charge in [-0.05, 0) is 31.8 Å². The average molecular weight is 353 g/mol. The number of pyridine rings is 1. The second kappa shape index (κ2) is 9.10. The minimum atomic E-state index is -0.0902. The van der Waals surface area contributed by atoms with E-state index in [0.717, 1.165) is 10.9 Å². The molecule has 0 bridgehead atoms. The summed E-state index contributed by atoms with van der Waals surface area (Å²) in [6, 6.07) is 11.7. The Morgan fingerprint density at radius 2 is 1.81 bits per heavy atom. The van der Waals surface area contributed by atoms with Crippen molar-refractivity contribution < 1.29 is 0 Å². The largest absolute Gasteiger partial charge is 0.366 e. The van der Waals surface area contributed by atoms with Crippen molar-refractivity contribution in [2.45, 2.75) is 19.9 Å². The number of nitrogens with zero attached hydrogens (tertiary/aromatic N) is 4. The molecule has 0 amide bonds. The number of anilines is 1. The van der Waals surface area contributed by atoms with E-state index in [1.165, 1.54) is 4.68 Å². The van der Waals surface area contributed by atoms with E-state index < -0.39 is 0 Å². The van der Waals surface area contributed by atoms with Gasteiger partial charge in [0.05, 0.1) is 11.4 Å². The van der Waals surface area contributed by atoms with Gasteiger partial charge in [0, 0.05) is 31.4 Å². The monoisotopic (exact) mass is 353 g/mol. The molecule has 0 saturated carbocycles. The maximum atomic E-state index is 12.2. The number of hydrogen-bond donors (Lipinski definition) is 1. The van der Waals surface area contributed by atoms with E-state index in [-0.39, 0.29) is 11.6 Å². The summed E-state index contributed by atoms with van der Waals surface area (Å²) in [7, 11) is 5.74. The third-order valence-corrected chi connectivity index (χ3v) is 4.11. The fraction of sp³-hybridized carbons (Fsp3) is 0.350. The van der Waals surface area contributed by atoms with Crippen LogP contribution in [0.3, 0.4) is 0 Å². The summed E-state index contributed by atoms with van der Waals surface area (Å²) in [5, 5.41) is 9.28. The predicted octanol–water partition coefficient (Wildman–Crippen LogP) is 3.07. The van der Waals surface area contributed by atoms with Gasteiger partial charge in [-0.1, -0.05) is 38.1 Å². The maximum Gasteiger partial charge on any atom is 0.274 e. The standard InChI is InChI=1S/C18H21N5O.C2H6/c1-22(2)16(13-7-6-10-19-11-13)12-20-17-14-8-4-5-9-15(14)18(24)23(3)21-17;1-2/h4-11,16H,12H2,1-3H3,(H,20,21);1-2H3. The quantitative estimate of drug-likeness (QED) is 0.764. The molecule has 6 nitrogen and oxygen atoms in total. The van der Waals surface area contributed by atoms with Crippen LogP contribution in [0.4, 0.5) is 5.82 Å². The highest BCUT2D eigenvalue weighted by Gasteiger charge is 2.15. The SMILES string of the molecule is CC.CN(C)C(CNc1nn(C)c(=O)c2ccccc12)c1cccnc1. The van der Waals surface area contributed by atoms with Gasteiger partial charge in [0.15, 0.2) is 5.82 Å². The lowest BCUT2D eigenvalue weighted by atomic mass is 10.1. The molecule has 0 aliphatic carbocycles. The highest BCUT2D eigenvalue weighted by atomic mass is 16.1. The molecule has 0 aliphatic heterocycles. The summed E-state index contributed by atoms with van der Waals surface area (Å²) in [4.78, 5) is 18.5. The Morgan fingerprint density at radius 1 is 1.12 bits per heavy atom. The number of fused-ring (bicyclic) bond motifs is 1. The van der Waals surface area contributed by atoms with Gasteiger partial charge in [0.25, 0.3) is 5.56 Å².